The predicted octanol–water partition coefficient (Wildman–Crippen LogP) is 1.57. The van der Waals surface area contributed by atoms with Crippen LogP contribution in [0.3, 0.4) is 0 Å². The fraction of sp³-hybridized carbons (Fsp3) is 0.382. The van der Waals surface area contributed by atoms with Crippen LogP contribution in [0.25, 0.3) is 21.8 Å². The van der Waals surface area contributed by atoms with E-state index in [0.717, 1.165) is 17.2 Å². The Hall–Kier alpha value is -10.3. The number of nitrogens with zero attached hydrogens (tertiary/aromatic N) is 2. The molecule has 32 heteroatoms. The van der Waals surface area contributed by atoms with Gasteiger partial charge in [-0.25, -0.2) is 13.8 Å². The van der Waals surface area contributed by atoms with Gasteiger partial charge in [0.1, 0.15) is 65.2 Å². The first-order chi connectivity index (χ1) is 47.8. The predicted molar refractivity (Wildman–Crippen MR) is 363 cm³/mol. The summed E-state index contributed by atoms with van der Waals surface area (Å²) in [6.07, 6.45) is 3.44. The highest BCUT2D eigenvalue weighted by Gasteiger charge is 2.52. The Kier molecular flexibility index (Phi) is 23.2. The van der Waals surface area contributed by atoms with E-state index in [-0.39, 0.29) is 84.5 Å². The number of aromatic amines is 3. The number of primary amides is 1. The number of amides is 10. The summed E-state index contributed by atoms with van der Waals surface area (Å²) in [7, 11) is 0. The van der Waals surface area contributed by atoms with E-state index in [0.29, 0.717) is 39.9 Å². The van der Waals surface area contributed by atoms with Crippen LogP contribution in [0.15, 0.2) is 110 Å². The van der Waals surface area contributed by atoms with Crippen molar-refractivity contribution in [3.05, 3.63) is 155 Å². The average molecular weight is 1420 g/mol. The summed E-state index contributed by atoms with van der Waals surface area (Å²) >= 11 is 2.73. The Bertz CT molecular complexity index is 4230. The molecule has 2 aliphatic heterocycles. The molecule has 28 nitrogen and oxygen atoms in total. The van der Waals surface area contributed by atoms with Gasteiger partial charge in [-0.1, -0.05) is 36.4 Å². The van der Waals surface area contributed by atoms with E-state index in [2.05, 4.69) is 62.5 Å². The van der Waals surface area contributed by atoms with Crippen molar-refractivity contribution in [2.45, 2.75) is 136 Å². The van der Waals surface area contributed by atoms with E-state index >= 15 is 19.2 Å². The Morgan fingerprint density at radius 3 is 1.82 bits per heavy atom. The average Bonchev–Trinajstić information content (AvgIpc) is 1.61. The fourth-order valence-electron chi connectivity index (χ4n) is 12.2. The molecule has 0 spiro atoms. The maximum atomic E-state index is 15.2. The zero-order chi connectivity index (χ0) is 71.4. The molecule has 100 heavy (non-hydrogen) atoms. The summed E-state index contributed by atoms with van der Waals surface area (Å²) in [4.78, 5) is 171. The molecule has 1 saturated heterocycles. The number of hydrogen-bond donors (Lipinski definition) is 15. The second-order valence-electron chi connectivity index (χ2n) is 25.3. The third-order valence-electron chi connectivity index (χ3n) is 17.8. The fourth-order valence-corrected chi connectivity index (χ4v) is 14.1. The zero-order valence-corrected chi connectivity index (χ0v) is 55.8. The minimum atomic E-state index is -2.06. The summed E-state index contributed by atoms with van der Waals surface area (Å²) in [6.45, 7) is 0.696. The molecule has 2 fully saturated rings. The van der Waals surface area contributed by atoms with Crippen LogP contribution in [-0.2, 0) is 89.9 Å². The zero-order valence-electron chi connectivity index (χ0n) is 54.1. The number of carboxylic acids is 1. The molecule has 528 valence electrons. The van der Waals surface area contributed by atoms with E-state index < -0.39 is 156 Å². The van der Waals surface area contributed by atoms with Crippen molar-refractivity contribution in [1.29, 1.82) is 0 Å². The van der Waals surface area contributed by atoms with Crippen LogP contribution in [0.5, 0.6) is 5.75 Å². The number of rotatable bonds is 12. The van der Waals surface area contributed by atoms with Crippen molar-refractivity contribution in [1.82, 2.24) is 67.4 Å². The van der Waals surface area contributed by atoms with Gasteiger partial charge in [0.2, 0.25) is 59.1 Å². The third-order valence-corrected chi connectivity index (χ3v) is 20.0. The lowest BCUT2D eigenvalue weighted by Crippen LogP contribution is -2.63. The summed E-state index contributed by atoms with van der Waals surface area (Å²) in [5, 5.41) is 52.9. The number of benzene rings is 4. The first-order valence-electron chi connectivity index (χ1n) is 32.2. The number of aromatic nitrogens is 4. The minimum Gasteiger partial charge on any atom is -0.508 e. The molecule has 3 aromatic heterocycles. The highest BCUT2D eigenvalue weighted by Crippen LogP contribution is 2.39. The Labute approximate surface area is 579 Å². The molecule has 5 heterocycles. The van der Waals surface area contributed by atoms with Crippen LogP contribution < -0.4 is 48.3 Å². The number of carbonyl (C=O) groups is 11. The van der Waals surface area contributed by atoms with Gasteiger partial charge in [-0.05, 0) is 109 Å². The number of fused-ring (bicyclic) bond motifs is 5. The molecule has 10 amide bonds. The van der Waals surface area contributed by atoms with Crippen molar-refractivity contribution >= 4 is 110 Å². The van der Waals surface area contributed by atoms with Gasteiger partial charge < -0.3 is 83.4 Å². The highest BCUT2D eigenvalue weighted by molar-refractivity contribution is 7.98. The number of imidazole rings is 1. The number of carboxylic acid groups (broad SMARTS) is 1. The third kappa shape index (κ3) is 18.5. The normalized spacial score (nSPS) is 23.9. The monoisotopic (exact) mass is 1410 g/mol. The lowest BCUT2D eigenvalue weighted by Gasteiger charge is -2.37. The van der Waals surface area contributed by atoms with Crippen molar-refractivity contribution in [2.75, 3.05) is 24.6 Å². The first kappa shape index (κ1) is 72.4. The summed E-state index contributed by atoms with van der Waals surface area (Å²) in [6, 6.07) is 9.33. The van der Waals surface area contributed by atoms with Gasteiger partial charge in [0.25, 0.3) is 0 Å². The van der Waals surface area contributed by atoms with Gasteiger partial charge >= 0.3 is 5.97 Å². The van der Waals surface area contributed by atoms with Gasteiger partial charge in [0, 0.05) is 108 Å². The molecule has 10 rings (SSSR count). The molecule has 0 radical (unpaired) electrons. The van der Waals surface area contributed by atoms with Crippen LogP contribution in [0, 0.1) is 11.6 Å². The molecule has 0 unspecified atom stereocenters. The number of halogens is 2. The number of hydrogen-bond acceptors (Lipinski definition) is 16. The lowest BCUT2D eigenvalue weighted by molar-refractivity contribution is -0.147. The summed E-state index contributed by atoms with van der Waals surface area (Å²) < 4.78 is 29.8. The van der Waals surface area contributed by atoms with Crippen molar-refractivity contribution in [3.63, 3.8) is 0 Å². The Morgan fingerprint density at radius 1 is 0.650 bits per heavy atom. The number of phenolic OH excluding ortho intramolecular Hbond substituents is 1. The number of carbonyl (C=O) groups excluding carboxylic acids is 10. The molecule has 8 atom stereocenters. The number of aliphatic carboxylic acids is 1. The van der Waals surface area contributed by atoms with E-state index in [4.69, 9.17) is 5.73 Å². The van der Waals surface area contributed by atoms with E-state index in [1.165, 1.54) is 115 Å². The van der Waals surface area contributed by atoms with Gasteiger partial charge in [-0.15, -0.1) is 0 Å². The lowest BCUT2D eigenvalue weighted by atomic mass is 9.95. The largest absolute Gasteiger partial charge is 0.508 e. The smallest absolute Gasteiger partial charge is 0.305 e. The van der Waals surface area contributed by atoms with Crippen LogP contribution in [-0.4, -0.2) is 183 Å². The van der Waals surface area contributed by atoms with Crippen LogP contribution in [0.1, 0.15) is 79.0 Å². The molecule has 1 saturated carbocycles. The number of aliphatic hydroxyl groups is 1. The van der Waals surface area contributed by atoms with Crippen LogP contribution >= 0.6 is 23.5 Å². The SMILES string of the molecule is C[C@@]12CCCN1C(=O)[C@H](Cc1ccc(O)cc1)NC(=O)[C@H](Cc1cnc[nH]1)NC(=O)[C@H](CC(=O)O)NC(=O)[C@H](Cc1c[nH]c3ccc(F)cc13)NC(=O)[C@@H](Cc1c[nH]c3ccc(F)cc13)NC(=O)CNC(=O)[C@H](C1(O)CC1)NC(=O)CCSCc1cccc(c1)CSC[C@@H](C(N)=O)NC2=O. The number of phenols is 1. The number of nitrogens with two attached hydrogens (primary N) is 1. The quantitative estimate of drug-likeness (QED) is 0.0825. The van der Waals surface area contributed by atoms with E-state index in [9.17, 15) is 57.7 Å². The highest BCUT2D eigenvalue weighted by atomic mass is 32.2. The summed E-state index contributed by atoms with van der Waals surface area (Å²) in [5.41, 5.74) is 6.41. The Balaban J connectivity index is 0.982. The molecule has 16 N–H and O–H groups in total. The second kappa shape index (κ2) is 32.1. The molecule has 1 aliphatic carbocycles. The van der Waals surface area contributed by atoms with Gasteiger partial charge in [-0.2, -0.15) is 23.5 Å². The van der Waals surface area contributed by atoms with Crippen LogP contribution in [0.2, 0.25) is 0 Å². The van der Waals surface area contributed by atoms with E-state index in [1.807, 2.05) is 24.3 Å². The van der Waals surface area contributed by atoms with Crippen molar-refractivity contribution < 1.29 is 76.8 Å². The molecule has 3 aliphatic rings. The first-order valence-corrected chi connectivity index (χ1v) is 34.6. The van der Waals surface area contributed by atoms with Gasteiger partial charge in [0.05, 0.1) is 24.9 Å². The van der Waals surface area contributed by atoms with Gasteiger partial charge in [-0.3, -0.25) is 52.7 Å². The Morgan fingerprint density at radius 2 is 1.23 bits per heavy atom. The summed E-state index contributed by atoms with van der Waals surface area (Å²) in [5.74, 6) is -11.3. The second-order valence-corrected chi connectivity index (χ2v) is 27.4. The number of thioether (sulfide) groups is 2. The number of nitrogens with one attached hydrogen (secondary N) is 11. The maximum absolute atomic E-state index is 15.2. The molecular weight excluding hydrogens is 1340 g/mol. The topological polar surface area (TPSA) is 434 Å². The van der Waals surface area contributed by atoms with Gasteiger partial charge in [0.15, 0.2) is 0 Å². The van der Waals surface area contributed by atoms with E-state index in [1.54, 1.807) is 0 Å². The molecule has 2 bridgehead atoms. The molecule has 4 aromatic carbocycles. The van der Waals surface area contributed by atoms with Crippen molar-refractivity contribution in [2.24, 2.45) is 5.73 Å². The minimum absolute atomic E-state index is 0.00986. The van der Waals surface area contributed by atoms with Crippen LogP contribution in [0.4, 0.5) is 8.78 Å². The standard InChI is InChI=1S/C68H76F2N14O14S2/c1-67-15-3-18-84(67)65(96)53(21-36-6-10-44(85)11-7-36)81-62(93)51(26-43-30-72-35-76-43)79-63(94)52(27-57(88)89)80-61(92)50(23-40-29-74-48-13-9-42(70)25-46(40)48)78-60(91)49(22-39-28-73-47-12-8-41(69)24-45(39)47)77-56(87)31-75-64(95)58(68(98)16-17-68)83-55(86)14-19-99-32-37-4-2-5-38(20-37)33-100-34-54(59(71)90)82-66(67)97/h2,4-13,20,24-25,28-30,35,49-54,58,73-74,85,98H,3,14-19,21-23,26-27,31-34H2,1H3,(H2,71,90)(H,72,76)(H,75,95)(H,77,87)(H,78,91)(H,79,94)(H,80,92)(H,81,93)(H,82,97)(H,83,86)(H,88,89)/t49-,50+,51+,52+,53+,54+,58-,67+/m1/s1. The molecular formula is C68H76F2N14O14S2. The maximum Gasteiger partial charge on any atom is 0.305 e. The number of aromatic hydroxyl groups is 1. The van der Waals surface area contributed by atoms with Crippen molar-refractivity contribution in [3.8, 4) is 5.75 Å². The molecule has 7 aromatic rings. The number of H-pyrrole nitrogens is 3.